The number of phenolic OH excluding ortho intramolecular Hbond substituents is 4. The van der Waals surface area contributed by atoms with Crippen LogP contribution < -0.4 is 0 Å². The summed E-state index contributed by atoms with van der Waals surface area (Å²) in [4.78, 5) is 27.4. The molecule has 0 amide bonds. The van der Waals surface area contributed by atoms with Gasteiger partial charge in [-0.05, 0) is 79.8 Å². The number of aromatic hydroxyl groups is 4. The van der Waals surface area contributed by atoms with Crippen LogP contribution in [-0.2, 0) is 21.7 Å². The molecule has 10 nitrogen and oxygen atoms in total. The van der Waals surface area contributed by atoms with Gasteiger partial charge < -0.3 is 20.4 Å². The third kappa shape index (κ3) is 17.4. The Hall–Kier alpha value is -5.77. The number of benzene rings is 6. The van der Waals surface area contributed by atoms with E-state index in [2.05, 4.69) is 157 Å². The van der Waals surface area contributed by atoms with E-state index < -0.39 is 11.4 Å². The molecular weight excluding hydrogens is 1010 g/mol. The van der Waals surface area contributed by atoms with Crippen molar-refractivity contribution in [3.8, 4) is 79.9 Å². The largest absolute Gasteiger partial charge is 0.643 e. The van der Waals surface area contributed by atoms with Crippen molar-refractivity contribution < 1.29 is 20.4 Å². The second-order valence-corrected chi connectivity index (χ2v) is 28.1. The molecule has 0 saturated carbocycles. The summed E-state index contributed by atoms with van der Waals surface area (Å²) in [5.41, 5.74) is 9.30. The SMILES string of the molecule is CC(C)(C)c1ccc(-c2nc(-c3ccc(C(C)(C)C)cc3)nc(-c3ccc(O)cc3O)n2)cc1.CC(C)(C)c1ccc(-c2nc(Cl)nc(-c3ccc(C(C)(C)C)cc3)n2)cc1.Oc1cccc(O)c1.[Cl][Al]([Cl])[Cl]. The van der Waals surface area contributed by atoms with E-state index >= 15 is 0 Å². The molecule has 0 fully saturated rings. The number of halogens is 4. The smallest absolute Gasteiger partial charge is 0.508 e. The van der Waals surface area contributed by atoms with Crippen LogP contribution in [0, 0.1) is 0 Å². The average Bonchev–Trinajstić information content (AvgIpc) is 3.30. The molecule has 380 valence electrons. The summed E-state index contributed by atoms with van der Waals surface area (Å²) in [5.74, 6) is 2.63. The first-order valence-corrected chi connectivity index (χ1v) is 29.1. The van der Waals surface area contributed by atoms with Gasteiger partial charge in [-0.25, -0.2) is 50.1 Å². The molecule has 0 aliphatic rings. The van der Waals surface area contributed by atoms with Crippen molar-refractivity contribution in [1.29, 1.82) is 0 Å². The van der Waals surface area contributed by atoms with Crippen LogP contribution in [0.4, 0.5) is 0 Å². The van der Waals surface area contributed by atoms with E-state index in [1.54, 1.807) is 12.1 Å². The molecule has 8 rings (SSSR count). The Balaban J connectivity index is 0.000000224. The number of rotatable bonds is 5. The van der Waals surface area contributed by atoms with Crippen molar-refractivity contribution in [2.75, 3.05) is 0 Å². The van der Waals surface area contributed by atoms with Crippen LogP contribution in [-0.4, -0.2) is 61.7 Å². The Morgan fingerprint density at radius 1 is 0.342 bits per heavy atom. The van der Waals surface area contributed by atoms with Gasteiger partial charge in [-0.15, -0.1) is 0 Å². The molecule has 8 aromatic rings. The minimum absolute atomic E-state index is 0.0220. The number of nitrogens with zero attached hydrogens (tertiary/aromatic N) is 6. The molecule has 0 spiro atoms. The summed E-state index contributed by atoms with van der Waals surface area (Å²) in [6.07, 6.45) is 0. The molecule has 4 N–H and O–H groups in total. The van der Waals surface area contributed by atoms with E-state index in [4.69, 9.17) is 56.9 Å². The lowest BCUT2D eigenvalue weighted by atomic mass is 9.86. The minimum atomic E-state index is -1.72. The third-order valence-corrected chi connectivity index (χ3v) is 11.5. The topological polar surface area (TPSA) is 158 Å². The lowest BCUT2D eigenvalue weighted by Crippen LogP contribution is -2.10. The highest BCUT2D eigenvalue weighted by Gasteiger charge is 2.20. The van der Waals surface area contributed by atoms with Crippen LogP contribution in [0.5, 0.6) is 23.0 Å². The van der Waals surface area contributed by atoms with E-state index in [0.29, 0.717) is 34.7 Å². The second kappa shape index (κ2) is 24.5. The van der Waals surface area contributed by atoms with Crippen LogP contribution in [0.2, 0.25) is 5.28 Å². The quantitative estimate of drug-likeness (QED) is 0.122. The maximum atomic E-state index is 10.5. The fourth-order valence-electron chi connectivity index (χ4n) is 7.04. The molecule has 0 radical (unpaired) electrons. The Morgan fingerprint density at radius 2 is 0.603 bits per heavy atom. The second-order valence-electron chi connectivity index (χ2n) is 21.3. The monoisotopic (exact) mass is 1070 g/mol. The molecule has 0 unspecified atom stereocenters. The first kappa shape index (κ1) is 58.1. The summed E-state index contributed by atoms with van der Waals surface area (Å²) >= 11 is 4.47. The maximum absolute atomic E-state index is 10.5. The van der Waals surface area contributed by atoms with Gasteiger partial charge in [-0.2, -0.15) is 9.97 Å². The minimum Gasteiger partial charge on any atom is -0.508 e. The van der Waals surface area contributed by atoms with Gasteiger partial charge in [0.15, 0.2) is 29.1 Å². The van der Waals surface area contributed by atoms with Crippen LogP contribution in [0.15, 0.2) is 140 Å². The van der Waals surface area contributed by atoms with Gasteiger partial charge >= 0.3 is 11.4 Å². The normalized spacial score (nSPS) is 11.5. The summed E-state index contributed by atoms with van der Waals surface area (Å²) in [7, 11) is 14.8. The third-order valence-electron chi connectivity index (χ3n) is 11.3. The number of phenols is 4. The lowest BCUT2D eigenvalue weighted by molar-refractivity contribution is 0.450. The van der Waals surface area contributed by atoms with Gasteiger partial charge in [0.25, 0.3) is 0 Å². The number of hydrogen-bond acceptors (Lipinski definition) is 10. The Kier molecular flexibility index (Phi) is 19.5. The van der Waals surface area contributed by atoms with Crippen molar-refractivity contribution >= 4 is 53.1 Å². The highest BCUT2D eigenvalue weighted by Crippen LogP contribution is 2.34. The van der Waals surface area contributed by atoms with Crippen LogP contribution in [0.1, 0.15) is 105 Å². The Morgan fingerprint density at radius 3 is 0.849 bits per heavy atom. The highest BCUT2D eigenvalue weighted by atomic mass is 35.8. The molecule has 2 aromatic heterocycles. The standard InChI is InChI=1S/C29H31N3O2.C23H26ClN3.C6H6O2.Al.3ClH/c1-28(2,3)20-11-7-18(8-12-20)25-30-26(19-9-13-21(14-10-19)29(4,5)6)32-27(31-25)23-16-15-22(33)17-24(23)34;1-22(2,3)17-11-7-15(8-12-17)19-25-20(27-21(24)26-19)16-9-13-18(14-10-16)23(4,5)6;7-5-2-1-3-6(8)4-5;;;;/h7-17,33-34H,1-6H3;7-14H,1-6H3;1-4,7-8H;;3*1H/q;;;+3;;;/p-3. The van der Waals surface area contributed by atoms with Gasteiger partial charge in [0, 0.05) is 34.4 Å². The van der Waals surface area contributed by atoms with E-state index in [1.165, 1.54) is 52.6 Å². The number of aromatic nitrogens is 6. The van der Waals surface area contributed by atoms with E-state index in [-0.39, 0.29) is 49.9 Å². The molecule has 6 aromatic carbocycles. The van der Waals surface area contributed by atoms with Crippen molar-refractivity contribution in [3.05, 3.63) is 167 Å². The zero-order valence-electron chi connectivity index (χ0n) is 43.3. The van der Waals surface area contributed by atoms with Crippen molar-refractivity contribution in [2.45, 2.75) is 105 Å². The summed E-state index contributed by atoms with van der Waals surface area (Å²) < 4.78 is 0. The first-order valence-electron chi connectivity index (χ1n) is 23.5. The summed E-state index contributed by atoms with van der Waals surface area (Å²) in [6, 6.07) is 43.3. The predicted octanol–water partition coefficient (Wildman–Crippen LogP) is 16.1. The van der Waals surface area contributed by atoms with Crippen molar-refractivity contribution in [3.63, 3.8) is 0 Å². The van der Waals surface area contributed by atoms with E-state index in [0.717, 1.165) is 22.3 Å². The van der Waals surface area contributed by atoms with Crippen LogP contribution >= 0.6 is 41.7 Å². The molecule has 0 aliphatic heterocycles. The Bertz CT molecular complexity index is 2910. The molecule has 15 heteroatoms. The van der Waals surface area contributed by atoms with Gasteiger partial charge in [0.2, 0.25) is 5.28 Å². The molecule has 0 saturated heterocycles. The van der Waals surface area contributed by atoms with Gasteiger partial charge in [-0.3, -0.25) is 0 Å². The van der Waals surface area contributed by atoms with Gasteiger partial charge in [0.05, 0.1) is 5.56 Å². The lowest BCUT2D eigenvalue weighted by Gasteiger charge is -2.19. The van der Waals surface area contributed by atoms with Crippen molar-refractivity contribution in [2.24, 2.45) is 0 Å². The molecular formula is C58H63AlCl4N6O4. The number of hydrogen-bond donors (Lipinski definition) is 4. The van der Waals surface area contributed by atoms with Gasteiger partial charge in [0.1, 0.15) is 23.0 Å². The maximum Gasteiger partial charge on any atom is 0.643 e. The zero-order chi connectivity index (χ0) is 54.1. The summed E-state index contributed by atoms with van der Waals surface area (Å²) in [5, 5.41) is 37.7. The van der Waals surface area contributed by atoms with E-state index in [1.807, 2.05) is 48.5 Å². The Labute approximate surface area is 452 Å². The van der Waals surface area contributed by atoms with E-state index in [9.17, 15) is 10.2 Å². The highest BCUT2D eigenvalue weighted by molar-refractivity contribution is 7.54. The molecule has 0 aliphatic carbocycles. The fraction of sp³-hybridized carbons (Fsp3) is 0.276. The van der Waals surface area contributed by atoms with Crippen molar-refractivity contribution in [1.82, 2.24) is 29.9 Å². The molecule has 73 heavy (non-hydrogen) atoms. The average molecular weight is 1080 g/mol. The predicted molar refractivity (Wildman–Crippen MR) is 303 cm³/mol. The zero-order valence-corrected chi connectivity index (χ0v) is 47.5. The fourth-order valence-corrected chi connectivity index (χ4v) is 7.20. The van der Waals surface area contributed by atoms with Gasteiger partial charge in [-0.1, -0.05) is 186 Å². The first-order chi connectivity index (χ1) is 34.0. The summed E-state index contributed by atoms with van der Waals surface area (Å²) in [6.45, 7) is 26.2. The molecule has 0 atom stereocenters. The van der Waals surface area contributed by atoms with Crippen LogP contribution in [0.3, 0.4) is 0 Å². The van der Waals surface area contributed by atoms with Crippen LogP contribution in [0.25, 0.3) is 56.9 Å². The molecule has 2 heterocycles. The molecule has 0 bridgehead atoms.